The molecular weight excluding hydrogens is 257 g/mol. The third kappa shape index (κ3) is 2.25. The molecule has 2 aromatic rings. The number of halogens is 1. The van der Waals surface area contributed by atoms with Gasteiger partial charge in [0, 0.05) is 0 Å². The molecule has 3 nitrogen and oxygen atoms in total. The van der Waals surface area contributed by atoms with E-state index in [4.69, 9.17) is 4.74 Å². The smallest absolute Gasteiger partial charge is 0.231 e. The molecular formula is C16H14FNO2. The summed E-state index contributed by atoms with van der Waals surface area (Å²) in [6.07, 6.45) is 0.339. The summed E-state index contributed by atoms with van der Waals surface area (Å²) in [7, 11) is 1.61. The number of ether oxygens (including phenoxy) is 1. The Balaban J connectivity index is 1.87. The minimum atomic E-state index is -0.321. The van der Waals surface area contributed by atoms with E-state index in [0.29, 0.717) is 18.7 Å². The molecule has 0 bridgehead atoms. The number of fused-ring (bicyclic) bond motifs is 1. The van der Waals surface area contributed by atoms with Gasteiger partial charge in [-0.15, -0.1) is 0 Å². The molecule has 0 aromatic heterocycles. The Labute approximate surface area is 116 Å². The van der Waals surface area contributed by atoms with Crippen molar-refractivity contribution >= 4 is 11.6 Å². The fourth-order valence-electron chi connectivity index (χ4n) is 2.42. The van der Waals surface area contributed by atoms with Crippen molar-refractivity contribution in [2.24, 2.45) is 0 Å². The predicted octanol–water partition coefficient (Wildman–Crippen LogP) is 2.92. The van der Waals surface area contributed by atoms with E-state index in [1.165, 1.54) is 12.1 Å². The molecule has 3 rings (SSSR count). The second kappa shape index (κ2) is 4.96. The Hall–Kier alpha value is -2.36. The first-order valence-electron chi connectivity index (χ1n) is 6.39. The number of nitrogens with zero attached hydrogens (tertiary/aromatic N) is 1. The largest absolute Gasteiger partial charge is 0.497 e. The highest BCUT2D eigenvalue weighted by atomic mass is 19.1. The number of benzene rings is 2. The molecule has 20 heavy (non-hydrogen) atoms. The van der Waals surface area contributed by atoms with Crippen LogP contribution in [-0.2, 0) is 17.8 Å². The van der Waals surface area contributed by atoms with Crippen molar-refractivity contribution in [1.82, 2.24) is 0 Å². The monoisotopic (exact) mass is 271 g/mol. The van der Waals surface area contributed by atoms with Crippen LogP contribution in [0.3, 0.4) is 0 Å². The van der Waals surface area contributed by atoms with Crippen LogP contribution in [0.1, 0.15) is 11.1 Å². The van der Waals surface area contributed by atoms with Gasteiger partial charge in [-0.25, -0.2) is 4.39 Å². The second-order valence-electron chi connectivity index (χ2n) is 4.78. The van der Waals surface area contributed by atoms with E-state index in [0.717, 1.165) is 16.9 Å². The van der Waals surface area contributed by atoms with Crippen LogP contribution in [-0.4, -0.2) is 13.0 Å². The molecule has 1 amide bonds. The molecule has 0 aliphatic carbocycles. The summed E-state index contributed by atoms with van der Waals surface area (Å²) in [4.78, 5) is 13.7. The molecule has 102 valence electrons. The van der Waals surface area contributed by atoms with Crippen LogP contribution >= 0.6 is 0 Å². The summed E-state index contributed by atoms with van der Waals surface area (Å²) in [5.41, 5.74) is 2.53. The molecule has 0 saturated heterocycles. The Morgan fingerprint density at radius 3 is 2.65 bits per heavy atom. The molecule has 1 heterocycles. The first-order valence-corrected chi connectivity index (χ1v) is 6.39. The van der Waals surface area contributed by atoms with E-state index in [-0.39, 0.29) is 11.7 Å². The van der Waals surface area contributed by atoms with Crippen LogP contribution in [0.15, 0.2) is 42.5 Å². The van der Waals surface area contributed by atoms with Gasteiger partial charge in [0.1, 0.15) is 11.6 Å². The normalized spacial score (nSPS) is 13.5. The summed E-state index contributed by atoms with van der Waals surface area (Å²) >= 11 is 0. The van der Waals surface area contributed by atoms with Crippen molar-refractivity contribution in [3.8, 4) is 5.75 Å². The van der Waals surface area contributed by atoms with Crippen molar-refractivity contribution in [3.63, 3.8) is 0 Å². The van der Waals surface area contributed by atoms with Crippen molar-refractivity contribution in [2.45, 2.75) is 13.0 Å². The molecule has 0 saturated carbocycles. The van der Waals surface area contributed by atoms with Crippen molar-refractivity contribution < 1.29 is 13.9 Å². The molecule has 2 aromatic carbocycles. The van der Waals surface area contributed by atoms with Gasteiger partial charge in [-0.05, 0) is 35.4 Å². The fourth-order valence-corrected chi connectivity index (χ4v) is 2.42. The van der Waals surface area contributed by atoms with Crippen LogP contribution in [0.2, 0.25) is 0 Å². The van der Waals surface area contributed by atoms with Gasteiger partial charge < -0.3 is 9.64 Å². The lowest BCUT2D eigenvalue weighted by Crippen LogP contribution is -2.26. The number of carbonyl (C=O) groups is 1. The molecule has 1 aliphatic heterocycles. The first kappa shape index (κ1) is 12.7. The number of methoxy groups -OCH3 is 1. The lowest BCUT2D eigenvalue weighted by Gasteiger charge is -2.17. The van der Waals surface area contributed by atoms with Gasteiger partial charge >= 0.3 is 0 Å². The summed E-state index contributed by atoms with van der Waals surface area (Å²) in [5, 5.41) is 0. The molecule has 0 radical (unpaired) electrons. The Bertz CT molecular complexity index is 652. The first-order chi connectivity index (χ1) is 9.67. The molecule has 1 aliphatic rings. The van der Waals surface area contributed by atoms with Crippen molar-refractivity contribution in [1.29, 1.82) is 0 Å². The predicted molar refractivity (Wildman–Crippen MR) is 74.3 cm³/mol. The number of rotatable bonds is 3. The van der Waals surface area contributed by atoms with Crippen LogP contribution < -0.4 is 9.64 Å². The van der Waals surface area contributed by atoms with Crippen LogP contribution in [0.5, 0.6) is 5.75 Å². The average Bonchev–Trinajstić information content (AvgIpc) is 2.76. The average molecular weight is 271 g/mol. The van der Waals surface area contributed by atoms with Crippen LogP contribution in [0, 0.1) is 5.82 Å². The molecule has 0 fully saturated rings. The van der Waals surface area contributed by atoms with E-state index in [9.17, 15) is 9.18 Å². The molecule has 0 spiro atoms. The Kier molecular flexibility index (Phi) is 3.14. The third-order valence-electron chi connectivity index (χ3n) is 3.48. The zero-order valence-corrected chi connectivity index (χ0v) is 11.1. The molecule has 0 N–H and O–H groups in total. The minimum absolute atomic E-state index is 0.00131. The molecule has 0 unspecified atom stereocenters. The summed E-state index contributed by atoms with van der Waals surface area (Å²) < 4.78 is 18.4. The zero-order valence-electron chi connectivity index (χ0n) is 11.1. The van der Waals surface area contributed by atoms with E-state index < -0.39 is 0 Å². The maximum atomic E-state index is 13.3. The summed E-state index contributed by atoms with van der Waals surface area (Å²) in [6.45, 7) is 0.444. The van der Waals surface area contributed by atoms with E-state index >= 15 is 0 Å². The van der Waals surface area contributed by atoms with Gasteiger partial charge in [0.05, 0.1) is 25.8 Å². The number of carbonyl (C=O) groups excluding carboxylic acids is 1. The van der Waals surface area contributed by atoms with Gasteiger partial charge in [0.15, 0.2) is 0 Å². The topological polar surface area (TPSA) is 29.5 Å². The van der Waals surface area contributed by atoms with E-state index in [2.05, 4.69) is 0 Å². The standard InChI is InChI=1S/C16H14FNO2/c1-20-14-6-2-11(3-7-14)10-18-15-9-13(17)5-4-12(15)8-16(18)19/h2-7,9H,8,10H2,1H3. The van der Waals surface area contributed by atoms with Crippen LogP contribution in [0.4, 0.5) is 10.1 Å². The van der Waals surface area contributed by atoms with Gasteiger partial charge in [-0.3, -0.25) is 4.79 Å². The van der Waals surface area contributed by atoms with Gasteiger partial charge in [-0.2, -0.15) is 0 Å². The maximum absolute atomic E-state index is 13.3. The fraction of sp³-hybridized carbons (Fsp3) is 0.188. The van der Waals surface area contributed by atoms with Gasteiger partial charge in [0.2, 0.25) is 5.91 Å². The highest BCUT2D eigenvalue weighted by Crippen LogP contribution is 2.31. The lowest BCUT2D eigenvalue weighted by molar-refractivity contribution is -0.117. The van der Waals surface area contributed by atoms with E-state index in [1.54, 1.807) is 18.1 Å². The highest BCUT2D eigenvalue weighted by molar-refractivity contribution is 6.01. The van der Waals surface area contributed by atoms with Gasteiger partial charge in [-0.1, -0.05) is 18.2 Å². The number of hydrogen-bond acceptors (Lipinski definition) is 2. The highest BCUT2D eigenvalue weighted by Gasteiger charge is 2.27. The number of amides is 1. The van der Waals surface area contributed by atoms with Crippen molar-refractivity contribution in [3.05, 3.63) is 59.4 Å². The number of hydrogen-bond donors (Lipinski definition) is 0. The van der Waals surface area contributed by atoms with Crippen molar-refractivity contribution in [2.75, 3.05) is 12.0 Å². The van der Waals surface area contributed by atoms with Crippen LogP contribution in [0.25, 0.3) is 0 Å². The number of anilines is 1. The van der Waals surface area contributed by atoms with Gasteiger partial charge in [0.25, 0.3) is 0 Å². The zero-order chi connectivity index (χ0) is 14.1. The summed E-state index contributed by atoms with van der Waals surface area (Å²) in [6, 6.07) is 12.0. The summed E-state index contributed by atoms with van der Waals surface area (Å²) in [5.74, 6) is 0.451. The minimum Gasteiger partial charge on any atom is -0.497 e. The second-order valence-corrected chi connectivity index (χ2v) is 4.78. The lowest BCUT2D eigenvalue weighted by atomic mass is 10.1. The van der Waals surface area contributed by atoms with E-state index in [1.807, 2.05) is 24.3 Å². The quantitative estimate of drug-likeness (QED) is 0.859. The molecule has 4 heteroatoms. The SMILES string of the molecule is COc1ccc(CN2C(=O)Cc3ccc(F)cc32)cc1. The Morgan fingerprint density at radius 1 is 1.20 bits per heavy atom. The Morgan fingerprint density at radius 2 is 1.95 bits per heavy atom. The molecule has 0 atom stereocenters. The third-order valence-corrected chi connectivity index (χ3v) is 3.48. The maximum Gasteiger partial charge on any atom is 0.231 e.